The van der Waals surface area contributed by atoms with E-state index in [1.54, 1.807) is 7.11 Å². The summed E-state index contributed by atoms with van der Waals surface area (Å²) in [6.07, 6.45) is 0. The molecule has 0 saturated heterocycles. The summed E-state index contributed by atoms with van der Waals surface area (Å²) in [5.74, 6) is -0.181. The van der Waals surface area contributed by atoms with Gasteiger partial charge in [-0.1, -0.05) is 32.9 Å². The lowest BCUT2D eigenvalue weighted by Crippen LogP contribution is -2.45. The molecule has 0 aliphatic rings. The van der Waals surface area contributed by atoms with E-state index in [0.717, 1.165) is 11.3 Å². The van der Waals surface area contributed by atoms with Gasteiger partial charge in [0.2, 0.25) is 5.91 Å². The van der Waals surface area contributed by atoms with Crippen LogP contribution in [0.2, 0.25) is 0 Å². The number of nitrogens with two attached hydrogens (primary N) is 1. The molecule has 0 aromatic heterocycles. The van der Waals surface area contributed by atoms with Gasteiger partial charge >= 0.3 is 0 Å². The smallest absolute Gasteiger partial charge is 0.241 e. The standard InChI is InChI=1S/C16H26N2O3/c1-16(2,3)14(17)15(19)18-13-7-5-6-12(10-13)11-21-9-8-20-4/h5-7,10,14H,8-9,11,17H2,1-4H3,(H,18,19)/t14-/m0/s1. The molecule has 1 atom stereocenters. The first-order valence-electron chi connectivity index (χ1n) is 7.06. The molecule has 0 heterocycles. The molecule has 0 spiro atoms. The highest BCUT2D eigenvalue weighted by atomic mass is 16.5. The minimum atomic E-state index is -0.556. The first kappa shape index (κ1) is 17.6. The quantitative estimate of drug-likeness (QED) is 0.756. The lowest BCUT2D eigenvalue weighted by Gasteiger charge is -2.25. The van der Waals surface area contributed by atoms with Crippen molar-refractivity contribution >= 4 is 11.6 Å². The van der Waals surface area contributed by atoms with E-state index >= 15 is 0 Å². The molecule has 1 rings (SSSR count). The topological polar surface area (TPSA) is 73.6 Å². The average Bonchev–Trinajstić information content (AvgIpc) is 2.42. The number of rotatable bonds is 7. The number of hydrogen-bond acceptors (Lipinski definition) is 4. The highest BCUT2D eigenvalue weighted by Gasteiger charge is 2.27. The lowest BCUT2D eigenvalue weighted by atomic mass is 9.87. The number of amides is 1. The SMILES string of the molecule is COCCOCc1cccc(NC(=O)[C@H](N)C(C)(C)C)c1. The average molecular weight is 294 g/mol. The van der Waals surface area contributed by atoms with E-state index in [-0.39, 0.29) is 11.3 Å². The lowest BCUT2D eigenvalue weighted by molar-refractivity contribution is -0.119. The van der Waals surface area contributed by atoms with Crippen LogP contribution < -0.4 is 11.1 Å². The van der Waals surface area contributed by atoms with E-state index in [4.69, 9.17) is 15.2 Å². The Morgan fingerprint density at radius 1 is 1.33 bits per heavy atom. The molecule has 0 fully saturated rings. The maximum atomic E-state index is 12.1. The Morgan fingerprint density at radius 2 is 2.05 bits per heavy atom. The third-order valence-electron chi connectivity index (χ3n) is 3.11. The molecule has 0 bridgehead atoms. The maximum absolute atomic E-state index is 12.1. The molecule has 0 aliphatic heterocycles. The predicted octanol–water partition coefficient (Wildman–Crippen LogP) is 2.16. The Bertz CT molecular complexity index is 455. The van der Waals surface area contributed by atoms with Crippen molar-refractivity contribution < 1.29 is 14.3 Å². The van der Waals surface area contributed by atoms with Crippen LogP contribution in [0.3, 0.4) is 0 Å². The van der Waals surface area contributed by atoms with Gasteiger partial charge in [-0.05, 0) is 23.1 Å². The van der Waals surface area contributed by atoms with Crippen molar-refractivity contribution in [2.75, 3.05) is 25.6 Å². The fourth-order valence-electron chi connectivity index (χ4n) is 1.68. The summed E-state index contributed by atoms with van der Waals surface area (Å²) < 4.78 is 10.4. The summed E-state index contributed by atoms with van der Waals surface area (Å²) in [6.45, 7) is 7.42. The van der Waals surface area contributed by atoms with E-state index in [9.17, 15) is 4.79 Å². The van der Waals surface area contributed by atoms with E-state index in [2.05, 4.69) is 5.32 Å². The molecule has 21 heavy (non-hydrogen) atoms. The molecule has 5 heteroatoms. The van der Waals surface area contributed by atoms with Crippen molar-refractivity contribution in [1.82, 2.24) is 0 Å². The third-order valence-corrected chi connectivity index (χ3v) is 3.11. The van der Waals surface area contributed by atoms with Crippen LogP contribution in [0.1, 0.15) is 26.3 Å². The second kappa shape index (κ2) is 8.12. The van der Waals surface area contributed by atoms with Crippen molar-refractivity contribution in [2.45, 2.75) is 33.4 Å². The summed E-state index contributed by atoms with van der Waals surface area (Å²) in [5.41, 5.74) is 7.39. The molecule has 1 aromatic rings. The first-order chi connectivity index (χ1) is 9.84. The minimum absolute atomic E-state index is 0.181. The van der Waals surface area contributed by atoms with Crippen LogP contribution >= 0.6 is 0 Å². The van der Waals surface area contributed by atoms with Crippen LogP contribution in [0.15, 0.2) is 24.3 Å². The first-order valence-corrected chi connectivity index (χ1v) is 7.06. The zero-order valence-electron chi connectivity index (χ0n) is 13.3. The van der Waals surface area contributed by atoms with Crippen molar-refractivity contribution in [3.8, 4) is 0 Å². The fraction of sp³-hybridized carbons (Fsp3) is 0.562. The van der Waals surface area contributed by atoms with Crippen LogP contribution in [-0.2, 0) is 20.9 Å². The van der Waals surface area contributed by atoms with Crippen molar-refractivity contribution in [1.29, 1.82) is 0 Å². The number of anilines is 1. The van der Waals surface area contributed by atoms with Crippen molar-refractivity contribution in [3.63, 3.8) is 0 Å². The molecule has 1 amide bonds. The van der Waals surface area contributed by atoms with E-state index in [1.807, 2.05) is 45.0 Å². The summed E-state index contributed by atoms with van der Waals surface area (Å²) in [5, 5.41) is 2.85. The highest BCUT2D eigenvalue weighted by Crippen LogP contribution is 2.19. The van der Waals surface area contributed by atoms with E-state index in [0.29, 0.717) is 19.8 Å². The van der Waals surface area contributed by atoms with Gasteiger partial charge in [-0.15, -0.1) is 0 Å². The number of ether oxygens (including phenoxy) is 2. The van der Waals surface area contributed by atoms with Gasteiger partial charge in [0.1, 0.15) is 0 Å². The largest absolute Gasteiger partial charge is 0.382 e. The molecule has 0 unspecified atom stereocenters. The van der Waals surface area contributed by atoms with Gasteiger partial charge in [0.05, 0.1) is 25.9 Å². The molecular formula is C16H26N2O3. The van der Waals surface area contributed by atoms with Crippen molar-refractivity contribution in [2.24, 2.45) is 11.1 Å². The second-order valence-corrected chi connectivity index (χ2v) is 6.08. The van der Waals surface area contributed by atoms with Gasteiger partial charge in [-0.3, -0.25) is 4.79 Å². The zero-order valence-corrected chi connectivity index (χ0v) is 13.3. The van der Waals surface area contributed by atoms with E-state index < -0.39 is 6.04 Å². The minimum Gasteiger partial charge on any atom is -0.382 e. The maximum Gasteiger partial charge on any atom is 0.241 e. The molecule has 0 saturated carbocycles. The highest BCUT2D eigenvalue weighted by molar-refractivity contribution is 5.95. The van der Waals surface area contributed by atoms with Crippen LogP contribution in [0.25, 0.3) is 0 Å². The number of benzene rings is 1. The normalized spacial score (nSPS) is 13.0. The van der Waals surface area contributed by atoms with Gasteiger partial charge in [-0.25, -0.2) is 0 Å². The number of nitrogens with one attached hydrogen (secondary N) is 1. The Hall–Kier alpha value is -1.43. The summed E-state index contributed by atoms with van der Waals surface area (Å²) in [7, 11) is 1.64. The van der Waals surface area contributed by atoms with Crippen LogP contribution in [-0.4, -0.2) is 32.3 Å². The number of carbonyl (C=O) groups is 1. The second-order valence-electron chi connectivity index (χ2n) is 6.08. The molecular weight excluding hydrogens is 268 g/mol. The predicted molar refractivity (Wildman–Crippen MR) is 84.0 cm³/mol. The van der Waals surface area contributed by atoms with Gasteiger partial charge < -0.3 is 20.5 Å². The number of methoxy groups -OCH3 is 1. The summed E-state index contributed by atoms with van der Waals surface area (Å²) in [4.78, 5) is 12.1. The Morgan fingerprint density at radius 3 is 2.67 bits per heavy atom. The molecule has 3 N–H and O–H groups in total. The van der Waals surface area contributed by atoms with Gasteiger partial charge in [0, 0.05) is 12.8 Å². The number of carbonyl (C=O) groups excluding carboxylic acids is 1. The van der Waals surface area contributed by atoms with Crippen LogP contribution in [0.5, 0.6) is 0 Å². The monoisotopic (exact) mass is 294 g/mol. The summed E-state index contributed by atoms with van der Waals surface area (Å²) >= 11 is 0. The molecule has 0 aliphatic carbocycles. The van der Waals surface area contributed by atoms with Crippen LogP contribution in [0.4, 0.5) is 5.69 Å². The van der Waals surface area contributed by atoms with Gasteiger partial charge in [-0.2, -0.15) is 0 Å². The van der Waals surface area contributed by atoms with Crippen LogP contribution in [0, 0.1) is 5.41 Å². The number of hydrogen-bond donors (Lipinski definition) is 2. The fourth-order valence-corrected chi connectivity index (χ4v) is 1.68. The molecule has 118 valence electrons. The Balaban J connectivity index is 2.58. The van der Waals surface area contributed by atoms with Gasteiger partial charge in [0.25, 0.3) is 0 Å². The molecule has 1 aromatic carbocycles. The molecule has 0 radical (unpaired) electrons. The van der Waals surface area contributed by atoms with Gasteiger partial charge in [0.15, 0.2) is 0 Å². The van der Waals surface area contributed by atoms with E-state index in [1.165, 1.54) is 0 Å². The van der Waals surface area contributed by atoms with Crippen molar-refractivity contribution in [3.05, 3.63) is 29.8 Å². The Labute approximate surface area is 126 Å². The Kier molecular flexibility index (Phi) is 6.81. The molecule has 5 nitrogen and oxygen atoms in total. The summed E-state index contributed by atoms with van der Waals surface area (Å²) in [6, 6.07) is 7.00. The zero-order chi connectivity index (χ0) is 15.9. The third kappa shape index (κ3) is 6.25.